The van der Waals surface area contributed by atoms with Crippen molar-refractivity contribution in [2.75, 3.05) is 0 Å². The number of carboxylic acid groups (broad SMARTS) is 1. The molecule has 0 aromatic heterocycles. The summed E-state index contributed by atoms with van der Waals surface area (Å²) in [5, 5.41) is 8.50. The Balaban J connectivity index is 1.86. The summed E-state index contributed by atoms with van der Waals surface area (Å²) in [6.07, 6.45) is 6.81. The van der Waals surface area contributed by atoms with E-state index in [0.717, 1.165) is 17.2 Å². The van der Waals surface area contributed by atoms with Crippen LogP contribution in [-0.2, 0) is 16.1 Å². The lowest BCUT2D eigenvalue weighted by Gasteiger charge is -2.25. The molecule has 2 rings (SSSR count). The van der Waals surface area contributed by atoms with Crippen LogP contribution in [0.1, 0.15) is 30.4 Å². The SMILES string of the molecule is O=C(O)C=Cc1ccc(COC2CCC2)cc1. The molecule has 1 aliphatic rings. The molecule has 0 aliphatic heterocycles. The van der Waals surface area contributed by atoms with Crippen LogP contribution in [0.2, 0.25) is 0 Å². The van der Waals surface area contributed by atoms with Crippen LogP contribution in [0.15, 0.2) is 30.3 Å². The van der Waals surface area contributed by atoms with Crippen LogP contribution >= 0.6 is 0 Å². The normalized spacial score (nSPS) is 16.0. The van der Waals surface area contributed by atoms with Crippen molar-refractivity contribution in [2.45, 2.75) is 32.0 Å². The third kappa shape index (κ3) is 3.71. The van der Waals surface area contributed by atoms with Crippen LogP contribution in [0.25, 0.3) is 6.08 Å². The molecular weight excluding hydrogens is 216 g/mol. The number of hydrogen-bond donors (Lipinski definition) is 1. The fourth-order valence-electron chi connectivity index (χ4n) is 1.64. The number of hydrogen-bond acceptors (Lipinski definition) is 2. The van der Waals surface area contributed by atoms with Gasteiger partial charge in [0.15, 0.2) is 0 Å². The molecule has 0 atom stereocenters. The van der Waals surface area contributed by atoms with Gasteiger partial charge in [0, 0.05) is 6.08 Å². The number of ether oxygens (including phenoxy) is 1. The van der Waals surface area contributed by atoms with Gasteiger partial charge in [0.2, 0.25) is 0 Å². The Morgan fingerprint density at radius 3 is 2.59 bits per heavy atom. The molecule has 1 aromatic rings. The number of benzene rings is 1. The van der Waals surface area contributed by atoms with Gasteiger partial charge in [-0.3, -0.25) is 0 Å². The molecule has 0 heterocycles. The first-order chi connectivity index (χ1) is 8.24. The second-order valence-corrected chi connectivity index (χ2v) is 4.28. The van der Waals surface area contributed by atoms with E-state index >= 15 is 0 Å². The zero-order valence-corrected chi connectivity index (χ0v) is 9.63. The smallest absolute Gasteiger partial charge is 0.328 e. The first-order valence-electron chi connectivity index (χ1n) is 5.85. The topological polar surface area (TPSA) is 46.5 Å². The zero-order valence-electron chi connectivity index (χ0n) is 9.63. The monoisotopic (exact) mass is 232 g/mol. The van der Waals surface area contributed by atoms with Crippen LogP contribution in [0.5, 0.6) is 0 Å². The van der Waals surface area contributed by atoms with Gasteiger partial charge in [-0.2, -0.15) is 0 Å². The van der Waals surface area contributed by atoms with Gasteiger partial charge in [-0.1, -0.05) is 24.3 Å². The Kier molecular flexibility index (Phi) is 3.94. The van der Waals surface area contributed by atoms with E-state index in [2.05, 4.69) is 0 Å². The van der Waals surface area contributed by atoms with Gasteiger partial charge >= 0.3 is 5.97 Å². The quantitative estimate of drug-likeness (QED) is 0.794. The van der Waals surface area contributed by atoms with E-state index in [0.29, 0.717) is 12.7 Å². The minimum Gasteiger partial charge on any atom is -0.478 e. The molecule has 3 nitrogen and oxygen atoms in total. The molecular formula is C14H16O3. The largest absolute Gasteiger partial charge is 0.478 e. The highest BCUT2D eigenvalue weighted by Crippen LogP contribution is 2.23. The lowest BCUT2D eigenvalue weighted by Crippen LogP contribution is -2.21. The Hall–Kier alpha value is -1.61. The summed E-state index contributed by atoms with van der Waals surface area (Å²) >= 11 is 0. The highest BCUT2D eigenvalue weighted by atomic mass is 16.5. The van der Waals surface area contributed by atoms with Gasteiger partial charge in [0.05, 0.1) is 12.7 Å². The molecule has 17 heavy (non-hydrogen) atoms. The van der Waals surface area contributed by atoms with Gasteiger partial charge < -0.3 is 9.84 Å². The fourth-order valence-corrected chi connectivity index (χ4v) is 1.64. The molecule has 0 radical (unpaired) electrons. The van der Waals surface area contributed by atoms with Gasteiger partial charge in [0.25, 0.3) is 0 Å². The average molecular weight is 232 g/mol. The van der Waals surface area contributed by atoms with Gasteiger partial charge in [-0.25, -0.2) is 4.79 Å². The molecule has 3 heteroatoms. The summed E-state index contributed by atoms with van der Waals surface area (Å²) < 4.78 is 5.69. The molecule has 1 saturated carbocycles. The summed E-state index contributed by atoms with van der Waals surface area (Å²) in [5.41, 5.74) is 2.02. The van der Waals surface area contributed by atoms with Crippen molar-refractivity contribution in [3.05, 3.63) is 41.5 Å². The first kappa shape index (κ1) is 11.9. The molecule has 0 bridgehead atoms. The lowest BCUT2D eigenvalue weighted by atomic mass is 9.96. The van der Waals surface area contributed by atoms with Crippen LogP contribution in [0.4, 0.5) is 0 Å². The van der Waals surface area contributed by atoms with E-state index in [1.165, 1.54) is 19.3 Å². The molecule has 0 spiro atoms. The summed E-state index contributed by atoms with van der Waals surface area (Å²) in [6.45, 7) is 0.646. The molecule has 1 aliphatic carbocycles. The standard InChI is InChI=1S/C14H16O3/c15-14(16)9-8-11-4-6-12(7-5-11)10-17-13-2-1-3-13/h4-9,13H,1-3,10H2,(H,15,16). The van der Waals surface area contributed by atoms with Crippen molar-refractivity contribution in [3.63, 3.8) is 0 Å². The Bertz CT molecular complexity index is 402. The van der Waals surface area contributed by atoms with Gasteiger partial charge in [-0.15, -0.1) is 0 Å². The molecule has 90 valence electrons. The maximum Gasteiger partial charge on any atom is 0.328 e. The highest BCUT2D eigenvalue weighted by molar-refractivity contribution is 5.85. The van der Waals surface area contributed by atoms with E-state index in [9.17, 15) is 4.79 Å². The highest BCUT2D eigenvalue weighted by Gasteiger charge is 2.17. The third-order valence-electron chi connectivity index (χ3n) is 2.94. The second kappa shape index (κ2) is 5.64. The van der Waals surface area contributed by atoms with Crippen LogP contribution in [0, 0.1) is 0 Å². The summed E-state index contributed by atoms with van der Waals surface area (Å²) in [5.74, 6) is -0.928. The van der Waals surface area contributed by atoms with Crippen molar-refractivity contribution in [1.82, 2.24) is 0 Å². The van der Waals surface area contributed by atoms with Gasteiger partial charge in [-0.05, 0) is 36.5 Å². The minimum atomic E-state index is -0.928. The van der Waals surface area contributed by atoms with E-state index in [1.54, 1.807) is 6.08 Å². The maximum atomic E-state index is 10.3. The predicted octanol–water partition coefficient (Wildman–Crippen LogP) is 2.85. The molecule has 0 amide bonds. The Morgan fingerprint density at radius 1 is 1.35 bits per heavy atom. The first-order valence-corrected chi connectivity index (χ1v) is 5.85. The summed E-state index contributed by atoms with van der Waals surface area (Å²) in [6, 6.07) is 7.75. The molecule has 0 unspecified atom stereocenters. The van der Waals surface area contributed by atoms with Crippen LogP contribution < -0.4 is 0 Å². The Morgan fingerprint density at radius 2 is 2.06 bits per heavy atom. The molecule has 1 fully saturated rings. The number of carbonyl (C=O) groups is 1. The van der Waals surface area contributed by atoms with Crippen molar-refractivity contribution in [2.24, 2.45) is 0 Å². The van der Waals surface area contributed by atoms with E-state index in [4.69, 9.17) is 9.84 Å². The molecule has 0 saturated heterocycles. The second-order valence-electron chi connectivity index (χ2n) is 4.28. The van der Waals surface area contributed by atoms with Crippen molar-refractivity contribution in [1.29, 1.82) is 0 Å². The average Bonchev–Trinajstić information content (AvgIpc) is 2.26. The third-order valence-corrected chi connectivity index (χ3v) is 2.94. The van der Waals surface area contributed by atoms with E-state index < -0.39 is 5.97 Å². The summed E-state index contributed by atoms with van der Waals surface area (Å²) in [4.78, 5) is 10.3. The number of carboxylic acids is 1. The van der Waals surface area contributed by atoms with Crippen LogP contribution in [0.3, 0.4) is 0 Å². The number of aliphatic carboxylic acids is 1. The van der Waals surface area contributed by atoms with E-state index in [-0.39, 0.29) is 0 Å². The molecule has 1 aromatic carbocycles. The van der Waals surface area contributed by atoms with Crippen molar-refractivity contribution >= 4 is 12.0 Å². The minimum absolute atomic E-state index is 0.446. The maximum absolute atomic E-state index is 10.3. The predicted molar refractivity (Wildman–Crippen MR) is 65.5 cm³/mol. The zero-order chi connectivity index (χ0) is 12.1. The number of rotatable bonds is 5. The van der Waals surface area contributed by atoms with Crippen molar-refractivity contribution in [3.8, 4) is 0 Å². The van der Waals surface area contributed by atoms with Crippen molar-refractivity contribution < 1.29 is 14.6 Å². The van der Waals surface area contributed by atoms with E-state index in [1.807, 2.05) is 24.3 Å². The summed E-state index contributed by atoms with van der Waals surface area (Å²) in [7, 11) is 0. The molecule has 1 N–H and O–H groups in total. The fraction of sp³-hybridized carbons (Fsp3) is 0.357. The van der Waals surface area contributed by atoms with Crippen LogP contribution in [-0.4, -0.2) is 17.2 Å². The van der Waals surface area contributed by atoms with Gasteiger partial charge in [0.1, 0.15) is 0 Å². The Labute approximate surface area is 101 Å². The lowest BCUT2D eigenvalue weighted by molar-refractivity contribution is -0.131.